The number of hydrogen-bond donors (Lipinski definition) is 1. The maximum Gasteiger partial charge on any atom is 0.0311 e. The second-order valence-electron chi connectivity index (χ2n) is 6.93. The maximum atomic E-state index is 6.05. The molecule has 0 aromatic heterocycles. The van der Waals surface area contributed by atoms with Crippen LogP contribution < -0.4 is 5.73 Å². The monoisotopic (exact) mass is 369 g/mol. The van der Waals surface area contributed by atoms with E-state index in [9.17, 15) is 0 Å². The molecule has 1 aliphatic carbocycles. The third-order valence-electron chi connectivity index (χ3n) is 5.36. The second kappa shape index (κ2) is 7.52. The molecule has 1 aromatic carbocycles. The number of thioether (sulfide) groups is 1. The summed E-state index contributed by atoms with van der Waals surface area (Å²) >= 11 is 5.71. The Morgan fingerprint density at radius 1 is 1.29 bits per heavy atom. The van der Waals surface area contributed by atoms with E-state index in [1.54, 1.807) is 0 Å². The Morgan fingerprint density at radius 3 is 2.62 bits per heavy atom. The molecule has 0 spiro atoms. The highest BCUT2D eigenvalue weighted by Gasteiger charge is 2.37. The van der Waals surface area contributed by atoms with Crippen LogP contribution in [0.5, 0.6) is 0 Å². The standard InChI is InChI=1S/C18H28BrNS/c1-4-18(2,3)14-10-9-13(12-20)17(11-14)21-16-8-6-5-7-15(16)19/h5-8,13-14,17H,4,9-12,20H2,1-3H3. The van der Waals surface area contributed by atoms with Crippen LogP contribution in [0.3, 0.4) is 0 Å². The van der Waals surface area contributed by atoms with E-state index in [-0.39, 0.29) is 0 Å². The van der Waals surface area contributed by atoms with Gasteiger partial charge in [-0.2, -0.15) is 0 Å². The van der Waals surface area contributed by atoms with Crippen LogP contribution in [-0.2, 0) is 0 Å². The van der Waals surface area contributed by atoms with E-state index in [1.165, 1.54) is 35.1 Å². The van der Waals surface area contributed by atoms with Gasteiger partial charge in [-0.15, -0.1) is 11.8 Å². The highest BCUT2D eigenvalue weighted by Crippen LogP contribution is 2.47. The summed E-state index contributed by atoms with van der Waals surface area (Å²) in [7, 11) is 0. The topological polar surface area (TPSA) is 26.0 Å². The Kier molecular flexibility index (Phi) is 6.22. The highest BCUT2D eigenvalue weighted by molar-refractivity contribution is 9.10. The Hall–Kier alpha value is 0.01000. The number of benzene rings is 1. The van der Waals surface area contributed by atoms with Crippen LogP contribution in [0, 0.1) is 17.3 Å². The molecule has 1 aliphatic rings. The summed E-state index contributed by atoms with van der Waals surface area (Å²) in [4.78, 5) is 1.36. The second-order valence-corrected chi connectivity index (χ2v) is 9.07. The van der Waals surface area contributed by atoms with Crippen LogP contribution in [0.4, 0.5) is 0 Å². The van der Waals surface area contributed by atoms with Crippen molar-refractivity contribution in [2.75, 3.05) is 6.54 Å². The van der Waals surface area contributed by atoms with Crippen molar-refractivity contribution < 1.29 is 0 Å². The molecule has 3 heteroatoms. The molecule has 3 unspecified atom stereocenters. The Morgan fingerprint density at radius 2 is 2.00 bits per heavy atom. The maximum absolute atomic E-state index is 6.05. The van der Waals surface area contributed by atoms with Gasteiger partial charge in [0.15, 0.2) is 0 Å². The van der Waals surface area contributed by atoms with Crippen LogP contribution in [0.1, 0.15) is 46.5 Å². The predicted molar refractivity (Wildman–Crippen MR) is 97.7 cm³/mol. The molecule has 0 aliphatic heterocycles. The van der Waals surface area contributed by atoms with E-state index in [0.29, 0.717) is 16.6 Å². The molecule has 1 aromatic rings. The van der Waals surface area contributed by atoms with Gasteiger partial charge >= 0.3 is 0 Å². The number of nitrogens with two attached hydrogens (primary N) is 1. The van der Waals surface area contributed by atoms with Gasteiger partial charge in [0.2, 0.25) is 0 Å². The first-order chi connectivity index (χ1) is 9.97. The minimum Gasteiger partial charge on any atom is -0.330 e. The number of rotatable bonds is 5. The molecule has 0 bridgehead atoms. The van der Waals surface area contributed by atoms with Crippen molar-refractivity contribution in [2.45, 2.75) is 56.6 Å². The molecular formula is C18H28BrNS. The average molecular weight is 370 g/mol. The lowest BCUT2D eigenvalue weighted by atomic mass is 9.67. The summed E-state index contributed by atoms with van der Waals surface area (Å²) in [6.45, 7) is 8.01. The largest absolute Gasteiger partial charge is 0.330 e. The SMILES string of the molecule is CCC(C)(C)C1CCC(CN)C(Sc2ccccc2Br)C1. The Labute approximate surface area is 142 Å². The van der Waals surface area contributed by atoms with Gasteiger partial charge in [0.25, 0.3) is 0 Å². The lowest BCUT2D eigenvalue weighted by molar-refractivity contribution is 0.134. The van der Waals surface area contributed by atoms with Gasteiger partial charge in [-0.1, -0.05) is 39.3 Å². The van der Waals surface area contributed by atoms with Gasteiger partial charge in [0.05, 0.1) is 0 Å². The molecule has 3 atom stereocenters. The van der Waals surface area contributed by atoms with Gasteiger partial charge in [0, 0.05) is 14.6 Å². The molecule has 0 radical (unpaired) electrons. The molecule has 1 nitrogen and oxygen atoms in total. The number of halogens is 1. The summed E-state index contributed by atoms with van der Waals surface area (Å²) in [5, 5.41) is 0.651. The number of hydrogen-bond acceptors (Lipinski definition) is 2. The molecular weight excluding hydrogens is 342 g/mol. The van der Waals surface area contributed by atoms with E-state index in [4.69, 9.17) is 5.73 Å². The highest BCUT2D eigenvalue weighted by atomic mass is 79.9. The molecule has 2 N–H and O–H groups in total. The molecule has 2 rings (SSSR count). The third kappa shape index (κ3) is 4.27. The fraction of sp³-hybridized carbons (Fsp3) is 0.667. The summed E-state index contributed by atoms with van der Waals surface area (Å²) < 4.78 is 1.21. The van der Waals surface area contributed by atoms with Crippen LogP contribution in [0.15, 0.2) is 33.6 Å². The average Bonchev–Trinajstić information content (AvgIpc) is 2.49. The molecule has 118 valence electrons. The molecule has 0 amide bonds. The summed E-state index contributed by atoms with van der Waals surface area (Å²) in [5.74, 6) is 1.48. The van der Waals surface area contributed by atoms with E-state index >= 15 is 0 Å². The van der Waals surface area contributed by atoms with E-state index in [2.05, 4.69) is 61.0 Å². The molecule has 0 saturated heterocycles. The molecule has 0 heterocycles. The van der Waals surface area contributed by atoms with Crippen molar-refractivity contribution in [1.82, 2.24) is 0 Å². The molecule has 21 heavy (non-hydrogen) atoms. The minimum absolute atomic E-state index is 0.451. The summed E-state index contributed by atoms with van der Waals surface area (Å²) in [6.07, 6.45) is 5.19. The zero-order valence-electron chi connectivity index (χ0n) is 13.4. The van der Waals surface area contributed by atoms with Crippen LogP contribution in [0.25, 0.3) is 0 Å². The van der Waals surface area contributed by atoms with E-state index in [1.807, 2.05) is 11.8 Å². The lowest BCUT2D eigenvalue weighted by Gasteiger charge is -2.42. The van der Waals surface area contributed by atoms with Gasteiger partial charge in [-0.25, -0.2) is 0 Å². The fourth-order valence-corrected chi connectivity index (χ4v) is 5.30. The Bertz CT molecular complexity index is 460. The van der Waals surface area contributed by atoms with E-state index < -0.39 is 0 Å². The van der Waals surface area contributed by atoms with Gasteiger partial charge < -0.3 is 5.73 Å². The first kappa shape index (κ1) is 17.4. The van der Waals surface area contributed by atoms with Gasteiger partial charge in [-0.05, 0) is 71.1 Å². The minimum atomic E-state index is 0.451. The van der Waals surface area contributed by atoms with E-state index in [0.717, 1.165) is 12.5 Å². The van der Waals surface area contributed by atoms with Crippen molar-refractivity contribution >= 4 is 27.7 Å². The summed E-state index contributed by atoms with van der Waals surface area (Å²) in [5.41, 5.74) is 6.50. The molecule has 1 saturated carbocycles. The van der Waals surface area contributed by atoms with Crippen molar-refractivity contribution in [3.63, 3.8) is 0 Å². The zero-order valence-corrected chi connectivity index (χ0v) is 15.8. The smallest absolute Gasteiger partial charge is 0.0311 e. The van der Waals surface area contributed by atoms with Gasteiger partial charge in [-0.3, -0.25) is 0 Å². The zero-order chi connectivity index (χ0) is 15.5. The summed E-state index contributed by atoms with van der Waals surface area (Å²) in [6, 6.07) is 8.56. The fourth-order valence-electron chi connectivity index (χ4n) is 3.31. The van der Waals surface area contributed by atoms with Gasteiger partial charge in [0.1, 0.15) is 0 Å². The normalized spacial score (nSPS) is 26.8. The lowest BCUT2D eigenvalue weighted by Crippen LogP contribution is -2.37. The van der Waals surface area contributed by atoms with Crippen LogP contribution in [-0.4, -0.2) is 11.8 Å². The first-order valence-corrected chi connectivity index (χ1v) is 9.76. The molecule has 1 fully saturated rings. The van der Waals surface area contributed by atoms with Crippen molar-refractivity contribution in [2.24, 2.45) is 23.0 Å². The van der Waals surface area contributed by atoms with Crippen LogP contribution >= 0.6 is 27.7 Å². The third-order valence-corrected chi connectivity index (χ3v) is 7.81. The van der Waals surface area contributed by atoms with Crippen LogP contribution in [0.2, 0.25) is 0 Å². The van der Waals surface area contributed by atoms with Crippen molar-refractivity contribution in [1.29, 1.82) is 0 Å². The predicted octanol–water partition coefficient (Wildman–Crippen LogP) is 5.72. The Balaban J connectivity index is 2.12. The quantitative estimate of drug-likeness (QED) is 0.717. The van der Waals surface area contributed by atoms with Crippen molar-refractivity contribution in [3.8, 4) is 0 Å². The van der Waals surface area contributed by atoms with Crippen molar-refractivity contribution in [3.05, 3.63) is 28.7 Å². The first-order valence-electron chi connectivity index (χ1n) is 8.09.